The molecular weight excluding hydrogens is 502 g/mol. The first-order valence-electron chi connectivity index (χ1n) is 12.3. The number of carboxylic acids is 2. The zero-order valence-corrected chi connectivity index (χ0v) is 23.4. The molecule has 0 fully saturated rings. The van der Waals surface area contributed by atoms with Crippen molar-refractivity contribution in [1.82, 2.24) is 16.0 Å². The first kappa shape index (κ1) is 34.9. The lowest BCUT2D eigenvalue weighted by atomic mass is 9.74. The molecule has 5 N–H and O–H groups in total. The van der Waals surface area contributed by atoms with E-state index in [0.717, 1.165) is 0 Å². The van der Waals surface area contributed by atoms with Gasteiger partial charge in [-0.3, -0.25) is 24.0 Å². The van der Waals surface area contributed by atoms with Gasteiger partial charge in [0.1, 0.15) is 18.2 Å². The summed E-state index contributed by atoms with van der Waals surface area (Å²) in [5.41, 5.74) is -3.68. The van der Waals surface area contributed by atoms with Gasteiger partial charge in [-0.1, -0.05) is 13.8 Å². The minimum Gasteiger partial charge on any atom is -0.481 e. The molecule has 0 saturated carbocycles. The lowest BCUT2D eigenvalue weighted by molar-refractivity contribution is -0.151. The van der Waals surface area contributed by atoms with Gasteiger partial charge in [-0.15, -0.1) is 0 Å². The van der Waals surface area contributed by atoms with Crippen molar-refractivity contribution in [3.05, 3.63) is 0 Å². The lowest BCUT2D eigenvalue weighted by Gasteiger charge is -2.32. The molecule has 1 atom stereocenters. The van der Waals surface area contributed by atoms with Gasteiger partial charge >= 0.3 is 11.9 Å². The summed E-state index contributed by atoms with van der Waals surface area (Å²) in [6.45, 7) is 11.2. The summed E-state index contributed by atoms with van der Waals surface area (Å²) >= 11 is 0. The van der Waals surface area contributed by atoms with Gasteiger partial charge in [0.05, 0.1) is 25.2 Å². The molecule has 0 spiro atoms. The zero-order chi connectivity index (χ0) is 29.7. The Morgan fingerprint density at radius 3 is 1.92 bits per heavy atom. The van der Waals surface area contributed by atoms with E-state index in [-0.39, 0.29) is 58.0 Å². The highest BCUT2D eigenvalue weighted by molar-refractivity contribution is 5.91. The molecule has 13 nitrogen and oxygen atoms in total. The average Bonchev–Trinajstić information content (AvgIpc) is 2.76. The summed E-state index contributed by atoms with van der Waals surface area (Å²) in [6.07, 6.45) is -0.545. The fraction of sp³-hybridized carbons (Fsp3) is 0.760. The molecule has 218 valence electrons. The second-order valence-corrected chi connectivity index (χ2v) is 10.9. The molecule has 0 rings (SSSR count). The Balaban J connectivity index is 4.68. The van der Waals surface area contributed by atoms with E-state index in [9.17, 15) is 39.0 Å². The number of amides is 3. The Kier molecular flexibility index (Phi) is 14.1. The third-order valence-corrected chi connectivity index (χ3v) is 5.57. The van der Waals surface area contributed by atoms with Crippen LogP contribution in [0.3, 0.4) is 0 Å². The molecule has 0 aromatic heterocycles. The molecule has 0 saturated heterocycles. The van der Waals surface area contributed by atoms with E-state index in [2.05, 4.69) is 16.0 Å². The van der Waals surface area contributed by atoms with Crippen molar-refractivity contribution in [3.63, 3.8) is 0 Å². The van der Waals surface area contributed by atoms with Crippen LogP contribution in [0.25, 0.3) is 0 Å². The van der Waals surface area contributed by atoms with Crippen LogP contribution >= 0.6 is 0 Å². The summed E-state index contributed by atoms with van der Waals surface area (Å²) in [4.78, 5) is 71.4. The number of ketones is 1. The van der Waals surface area contributed by atoms with Crippen LogP contribution in [-0.4, -0.2) is 90.2 Å². The predicted octanol–water partition coefficient (Wildman–Crippen LogP) is 0.496. The fourth-order valence-electron chi connectivity index (χ4n) is 3.51. The van der Waals surface area contributed by atoms with Crippen LogP contribution in [0, 0.1) is 10.8 Å². The van der Waals surface area contributed by atoms with E-state index in [1.165, 1.54) is 48.5 Å². The lowest BCUT2D eigenvalue weighted by Crippen LogP contribution is -2.55. The Morgan fingerprint density at radius 2 is 1.39 bits per heavy atom. The number of ether oxygens (including phenoxy) is 2. The second-order valence-electron chi connectivity index (χ2n) is 10.9. The quantitative estimate of drug-likeness (QED) is 0.142. The molecule has 0 aromatic carbocycles. The van der Waals surface area contributed by atoms with Gasteiger partial charge in [-0.05, 0) is 47.5 Å². The fourth-order valence-corrected chi connectivity index (χ4v) is 3.51. The zero-order valence-electron chi connectivity index (χ0n) is 23.4. The molecule has 0 bridgehead atoms. The van der Waals surface area contributed by atoms with Gasteiger partial charge in [-0.25, -0.2) is 4.79 Å². The molecule has 0 aliphatic rings. The number of carbonyl (C=O) groups excluding carboxylic acids is 4. The first-order chi connectivity index (χ1) is 17.3. The van der Waals surface area contributed by atoms with Gasteiger partial charge in [0.25, 0.3) is 0 Å². The van der Waals surface area contributed by atoms with Crippen LogP contribution in [0.1, 0.15) is 67.7 Å². The number of hydrogen-bond acceptors (Lipinski definition) is 8. The van der Waals surface area contributed by atoms with Gasteiger partial charge < -0.3 is 35.6 Å². The topological polar surface area (TPSA) is 197 Å². The van der Waals surface area contributed by atoms with E-state index in [0.29, 0.717) is 0 Å². The van der Waals surface area contributed by atoms with Crippen molar-refractivity contribution in [3.8, 4) is 0 Å². The number of carboxylic acid groups (broad SMARTS) is 2. The maximum atomic E-state index is 12.7. The highest BCUT2D eigenvalue weighted by Crippen LogP contribution is 2.34. The Labute approximate surface area is 223 Å². The summed E-state index contributed by atoms with van der Waals surface area (Å²) in [5, 5.41) is 26.4. The van der Waals surface area contributed by atoms with Crippen molar-refractivity contribution in [1.29, 1.82) is 0 Å². The third-order valence-electron chi connectivity index (χ3n) is 5.57. The maximum Gasteiger partial charge on any atom is 0.326 e. The van der Waals surface area contributed by atoms with E-state index >= 15 is 0 Å². The summed E-state index contributed by atoms with van der Waals surface area (Å²) in [7, 11) is 0. The van der Waals surface area contributed by atoms with Gasteiger partial charge in [0, 0.05) is 18.4 Å². The molecule has 0 aliphatic carbocycles. The van der Waals surface area contributed by atoms with Gasteiger partial charge in [0.2, 0.25) is 17.7 Å². The van der Waals surface area contributed by atoms with Gasteiger partial charge in [-0.2, -0.15) is 0 Å². The average molecular weight is 546 g/mol. The minimum absolute atomic E-state index is 0.0106. The van der Waals surface area contributed by atoms with Crippen LogP contribution in [0.15, 0.2) is 0 Å². The number of nitrogens with one attached hydrogen (secondary N) is 3. The van der Waals surface area contributed by atoms with E-state index in [1.54, 1.807) is 0 Å². The van der Waals surface area contributed by atoms with Crippen molar-refractivity contribution < 1.29 is 48.5 Å². The normalized spacial score (nSPS) is 12.8. The number of Topliss-reactive ketones (excluding diaryl/α,β-unsaturated/α-hetero) is 1. The standard InChI is InChI=1S/C25H43N3O10/c1-16(29)14-38-13-12-37-11-10-26-21(34)25(6,7)28-18(30)9-8-17(19(31)32)27-20(33)23(2,3)15-24(4,5)22(35)36/h17H,8-15H2,1-7H3,(H,26,34)(H,27,33)(H,28,30)(H,31,32)(H,35,36)/t17-/m1/s1. The predicted molar refractivity (Wildman–Crippen MR) is 136 cm³/mol. The van der Waals surface area contributed by atoms with Gasteiger partial charge in [0.15, 0.2) is 5.78 Å². The van der Waals surface area contributed by atoms with E-state index in [1.807, 2.05) is 0 Å². The van der Waals surface area contributed by atoms with E-state index in [4.69, 9.17) is 9.47 Å². The molecule has 13 heteroatoms. The number of aliphatic carboxylic acids is 2. The van der Waals surface area contributed by atoms with Crippen LogP contribution in [0.2, 0.25) is 0 Å². The molecule has 0 heterocycles. The van der Waals surface area contributed by atoms with Crippen LogP contribution in [0.4, 0.5) is 0 Å². The molecule has 3 amide bonds. The number of carbonyl (C=O) groups is 6. The van der Waals surface area contributed by atoms with Crippen molar-refractivity contribution in [2.24, 2.45) is 10.8 Å². The summed E-state index contributed by atoms with van der Waals surface area (Å²) < 4.78 is 10.3. The Hall–Kier alpha value is -3.06. The second kappa shape index (κ2) is 15.4. The number of rotatable bonds is 19. The first-order valence-corrected chi connectivity index (χ1v) is 12.3. The van der Waals surface area contributed by atoms with Crippen molar-refractivity contribution in [2.45, 2.75) is 79.3 Å². The van der Waals surface area contributed by atoms with Crippen LogP contribution in [-0.2, 0) is 38.2 Å². The van der Waals surface area contributed by atoms with Crippen LogP contribution in [0.5, 0.6) is 0 Å². The largest absolute Gasteiger partial charge is 0.481 e. The maximum absolute atomic E-state index is 12.7. The minimum atomic E-state index is -1.38. The summed E-state index contributed by atoms with van der Waals surface area (Å²) in [6, 6.07) is -1.38. The number of hydrogen-bond donors (Lipinski definition) is 5. The smallest absolute Gasteiger partial charge is 0.326 e. The molecular formula is C25H43N3O10. The molecule has 0 aromatic rings. The SMILES string of the molecule is CC(=O)COCCOCCNC(=O)C(C)(C)NC(=O)CC[C@@H](NC(=O)C(C)(C)CC(C)(C)C(=O)O)C(=O)O. The summed E-state index contributed by atoms with van der Waals surface area (Å²) in [5.74, 6) is -4.23. The molecule has 0 aliphatic heterocycles. The highest BCUT2D eigenvalue weighted by atomic mass is 16.5. The molecule has 38 heavy (non-hydrogen) atoms. The van der Waals surface area contributed by atoms with E-state index < -0.39 is 52.1 Å². The van der Waals surface area contributed by atoms with Crippen molar-refractivity contribution >= 4 is 35.4 Å². The Bertz CT molecular complexity index is 867. The van der Waals surface area contributed by atoms with Crippen molar-refractivity contribution in [2.75, 3.05) is 33.0 Å². The molecule has 0 unspecified atom stereocenters. The van der Waals surface area contributed by atoms with Crippen LogP contribution < -0.4 is 16.0 Å². The Morgan fingerprint density at radius 1 is 0.816 bits per heavy atom. The molecule has 0 radical (unpaired) electrons. The third kappa shape index (κ3) is 13.5. The monoisotopic (exact) mass is 545 g/mol. The highest BCUT2D eigenvalue weighted by Gasteiger charge is 2.40.